The lowest BCUT2D eigenvalue weighted by Gasteiger charge is -2.13. The Bertz CT molecular complexity index is 1120. The molecule has 0 saturated carbocycles. The number of sulfonamides is 1. The largest absolute Gasteiger partial charge is 0.322 e. The number of rotatable bonds is 5. The number of carbonyl (C=O) groups excluding carboxylic acids is 1. The zero-order chi connectivity index (χ0) is 20.3. The van der Waals surface area contributed by atoms with Crippen LogP contribution in [0, 0.1) is 6.92 Å². The molecule has 6 nitrogen and oxygen atoms in total. The van der Waals surface area contributed by atoms with Crippen LogP contribution in [0.25, 0.3) is 0 Å². The monoisotopic (exact) mass is 479 g/mol. The van der Waals surface area contributed by atoms with Crippen LogP contribution >= 0.6 is 27.5 Å². The van der Waals surface area contributed by atoms with E-state index < -0.39 is 15.9 Å². The summed E-state index contributed by atoms with van der Waals surface area (Å²) in [6, 6.07) is 14.5. The van der Waals surface area contributed by atoms with E-state index in [4.69, 9.17) is 11.6 Å². The number of nitrogens with zero attached hydrogens (tertiary/aromatic N) is 1. The van der Waals surface area contributed by atoms with Crippen molar-refractivity contribution in [3.8, 4) is 0 Å². The number of hydrogen-bond donors (Lipinski definition) is 2. The lowest BCUT2D eigenvalue weighted by atomic mass is 10.2. The summed E-state index contributed by atoms with van der Waals surface area (Å²) < 4.78 is 29.0. The van der Waals surface area contributed by atoms with Gasteiger partial charge in [-0.05, 0) is 61.0 Å². The van der Waals surface area contributed by atoms with Gasteiger partial charge in [-0.2, -0.15) is 0 Å². The third-order valence-corrected chi connectivity index (χ3v) is 6.10. The lowest BCUT2D eigenvalue weighted by Crippen LogP contribution is -2.16. The average molecular weight is 481 g/mol. The molecule has 1 aromatic heterocycles. The van der Waals surface area contributed by atoms with Crippen molar-refractivity contribution in [1.82, 2.24) is 4.98 Å². The summed E-state index contributed by atoms with van der Waals surface area (Å²) >= 11 is 9.03. The second-order valence-corrected chi connectivity index (χ2v) is 8.87. The second kappa shape index (κ2) is 8.30. The normalized spacial score (nSPS) is 11.1. The van der Waals surface area contributed by atoms with Crippen molar-refractivity contribution >= 4 is 54.8 Å². The van der Waals surface area contributed by atoms with Crippen LogP contribution in [-0.4, -0.2) is 19.3 Å². The van der Waals surface area contributed by atoms with E-state index in [2.05, 4.69) is 31.0 Å². The van der Waals surface area contributed by atoms with E-state index >= 15 is 0 Å². The van der Waals surface area contributed by atoms with Gasteiger partial charge in [0, 0.05) is 22.0 Å². The first-order valence-corrected chi connectivity index (χ1v) is 10.7. The standard InChI is InChI=1S/C19H15BrClN3O3S/c1-12-2-6-16(23-19(25)13-3-9-18(21)22-11-13)10-17(12)28(26,27)24-15-7-4-14(20)5-8-15/h2-11,24H,1H3,(H,23,25). The average Bonchev–Trinajstić information content (AvgIpc) is 2.65. The van der Waals surface area contributed by atoms with E-state index in [1.807, 2.05) is 0 Å². The Morgan fingerprint density at radius 2 is 1.71 bits per heavy atom. The summed E-state index contributed by atoms with van der Waals surface area (Å²) in [5.41, 5.74) is 1.64. The number of halogens is 2. The molecule has 0 bridgehead atoms. The number of amides is 1. The third kappa shape index (κ3) is 4.89. The molecule has 0 aliphatic heterocycles. The van der Waals surface area contributed by atoms with Gasteiger partial charge in [0.05, 0.1) is 10.5 Å². The minimum atomic E-state index is -3.83. The Balaban J connectivity index is 1.85. The fraction of sp³-hybridized carbons (Fsp3) is 0.0526. The molecule has 0 radical (unpaired) electrons. The number of hydrogen-bond acceptors (Lipinski definition) is 4. The molecule has 0 spiro atoms. The van der Waals surface area contributed by atoms with Crippen LogP contribution in [0.3, 0.4) is 0 Å². The summed E-state index contributed by atoms with van der Waals surface area (Å²) in [6.07, 6.45) is 1.35. The van der Waals surface area contributed by atoms with Crippen LogP contribution < -0.4 is 10.0 Å². The fourth-order valence-electron chi connectivity index (χ4n) is 2.41. The van der Waals surface area contributed by atoms with Crippen LogP contribution in [0.1, 0.15) is 15.9 Å². The molecular weight excluding hydrogens is 466 g/mol. The molecule has 2 N–H and O–H groups in total. The van der Waals surface area contributed by atoms with Gasteiger partial charge in [-0.15, -0.1) is 0 Å². The van der Waals surface area contributed by atoms with Gasteiger partial charge in [-0.3, -0.25) is 9.52 Å². The first-order valence-electron chi connectivity index (χ1n) is 8.06. The number of anilines is 2. The van der Waals surface area contributed by atoms with Gasteiger partial charge in [0.15, 0.2) is 0 Å². The molecule has 28 heavy (non-hydrogen) atoms. The highest BCUT2D eigenvalue weighted by molar-refractivity contribution is 9.10. The molecule has 2 aromatic carbocycles. The minimum Gasteiger partial charge on any atom is -0.322 e. The fourth-order valence-corrected chi connectivity index (χ4v) is 4.12. The predicted octanol–water partition coefficient (Wildman–Crippen LogP) is 4.86. The Labute approximate surface area is 176 Å². The highest BCUT2D eigenvalue weighted by Crippen LogP contribution is 2.24. The number of nitrogens with one attached hydrogen (secondary N) is 2. The number of pyridine rings is 1. The van der Waals surface area contributed by atoms with Crippen molar-refractivity contribution < 1.29 is 13.2 Å². The Morgan fingerprint density at radius 3 is 2.36 bits per heavy atom. The summed E-state index contributed by atoms with van der Waals surface area (Å²) in [4.78, 5) is 16.3. The summed E-state index contributed by atoms with van der Waals surface area (Å²) in [6.45, 7) is 1.69. The topological polar surface area (TPSA) is 88.2 Å². The molecule has 3 rings (SSSR count). The van der Waals surface area contributed by atoms with Crippen LogP contribution in [0.15, 0.2) is 70.2 Å². The number of aromatic nitrogens is 1. The van der Waals surface area contributed by atoms with Crippen molar-refractivity contribution in [2.24, 2.45) is 0 Å². The van der Waals surface area contributed by atoms with Crippen molar-refractivity contribution in [2.75, 3.05) is 10.0 Å². The Morgan fingerprint density at radius 1 is 1.04 bits per heavy atom. The maximum atomic E-state index is 12.8. The molecule has 3 aromatic rings. The van der Waals surface area contributed by atoms with E-state index in [9.17, 15) is 13.2 Å². The van der Waals surface area contributed by atoms with Crippen molar-refractivity contribution in [2.45, 2.75) is 11.8 Å². The zero-order valence-corrected chi connectivity index (χ0v) is 17.8. The number of aryl methyl sites for hydroxylation is 1. The summed E-state index contributed by atoms with van der Waals surface area (Å²) in [5, 5.41) is 2.95. The number of benzene rings is 2. The maximum Gasteiger partial charge on any atom is 0.262 e. The molecule has 0 unspecified atom stereocenters. The van der Waals surface area contributed by atoms with E-state index in [1.165, 1.54) is 24.4 Å². The molecule has 0 atom stereocenters. The first-order chi connectivity index (χ1) is 13.2. The maximum absolute atomic E-state index is 12.8. The predicted molar refractivity (Wildman–Crippen MR) is 113 cm³/mol. The quantitative estimate of drug-likeness (QED) is 0.511. The smallest absolute Gasteiger partial charge is 0.262 e. The molecule has 144 valence electrons. The lowest BCUT2D eigenvalue weighted by molar-refractivity contribution is 0.102. The molecule has 1 amide bonds. The molecule has 0 fully saturated rings. The third-order valence-electron chi connectivity index (χ3n) is 3.82. The van der Waals surface area contributed by atoms with Gasteiger partial charge in [0.25, 0.3) is 15.9 Å². The van der Waals surface area contributed by atoms with Crippen molar-refractivity contribution in [3.63, 3.8) is 0 Å². The van der Waals surface area contributed by atoms with Gasteiger partial charge in [-0.1, -0.05) is 33.6 Å². The Kier molecular flexibility index (Phi) is 6.02. The molecular formula is C19H15BrClN3O3S. The molecule has 0 aliphatic rings. The van der Waals surface area contributed by atoms with Gasteiger partial charge < -0.3 is 5.32 Å². The van der Waals surface area contributed by atoms with E-state index in [0.717, 1.165) is 4.47 Å². The molecule has 1 heterocycles. The van der Waals surface area contributed by atoms with Gasteiger partial charge >= 0.3 is 0 Å². The van der Waals surface area contributed by atoms with Gasteiger partial charge in [0.2, 0.25) is 0 Å². The van der Waals surface area contributed by atoms with E-state index in [-0.39, 0.29) is 10.0 Å². The number of carbonyl (C=O) groups is 1. The second-order valence-electron chi connectivity index (χ2n) is 5.92. The van der Waals surface area contributed by atoms with Crippen molar-refractivity contribution in [1.29, 1.82) is 0 Å². The van der Waals surface area contributed by atoms with E-state index in [1.54, 1.807) is 43.3 Å². The first kappa shape index (κ1) is 20.3. The van der Waals surface area contributed by atoms with Crippen molar-refractivity contribution in [3.05, 3.63) is 81.5 Å². The van der Waals surface area contributed by atoms with Crippen LogP contribution in [0.2, 0.25) is 5.15 Å². The highest BCUT2D eigenvalue weighted by atomic mass is 79.9. The Hall–Kier alpha value is -2.42. The molecule has 0 saturated heterocycles. The highest BCUT2D eigenvalue weighted by Gasteiger charge is 2.18. The van der Waals surface area contributed by atoms with E-state index in [0.29, 0.717) is 22.5 Å². The van der Waals surface area contributed by atoms with Crippen LogP contribution in [-0.2, 0) is 10.0 Å². The van der Waals surface area contributed by atoms with Crippen LogP contribution in [0.5, 0.6) is 0 Å². The van der Waals surface area contributed by atoms with Gasteiger partial charge in [0.1, 0.15) is 5.15 Å². The minimum absolute atomic E-state index is 0.0717. The van der Waals surface area contributed by atoms with Gasteiger partial charge in [-0.25, -0.2) is 13.4 Å². The molecule has 0 aliphatic carbocycles. The summed E-state index contributed by atoms with van der Waals surface area (Å²) in [7, 11) is -3.83. The summed E-state index contributed by atoms with van der Waals surface area (Å²) in [5.74, 6) is -0.419. The zero-order valence-electron chi connectivity index (χ0n) is 14.6. The van der Waals surface area contributed by atoms with Crippen LogP contribution in [0.4, 0.5) is 11.4 Å². The SMILES string of the molecule is Cc1ccc(NC(=O)c2ccc(Cl)nc2)cc1S(=O)(=O)Nc1ccc(Br)cc1. The molecule has 9 heteroatoms.